The van der Waals surface area contributed by atoms with Gasteiger partial charge in [0.05, 0.1) is 18.3 Å². The zero-order valence-corrected chi connectivity index (χ0v) is 12.1. The predicted molar refractivity (Wildman–Crippen MR) is 73.5 cm³/mol. The molecule has 0 aromatic carbocycles. The average Bonchev–Trinajstić information content (AvgIpc) is 2.90. The molecular weight excluding hydrogens is 270 g/mol. The van der Waals surface area contributed by atoms with E-state index in [1.807, 2.05) is 9.80 Å². The molecule has 2 saturated heterocycles. The summed E-state index contributed by atoms with van der Waals surface area (Å²) in [7, 11) is 0. The summed E-state index contributed by atoms with van der Waals surface area (Å²) in [6.45, 7) is 3.34. The van der Waals surface area contributed by atoms with Crippen molar-refractivity contribution in [3.8, 4) is 0 Å². The van der Waals surface area contributed by atoms with Crippen LogP contribution in [0.5, 0.6) is 0 Å². The molecule has 3 heterocycles. The topological polar surface area (TPSA) is 66.7 Å². The third kappa shape index (κ3) is 2.04. The van der Waals surface area contributed by atoms with Gasteiger partial charge in [-0.05, 0) is 32.1 Å². The summed E-state index contributed by atoms with van der Waals surface area (Å²) in [5, 5.41) is 3.68. The molecule has 6 heteroatoms. The number of amides is 2. The third-order valence-electron chi connectivity index (χ3n) is 5.01. The van der Waals surface area contributed by atoms with Gasteiger partial charge >= 0.3 is 0 Å². The van der Waals surface area contributed by atoms with Gasteiger partial charge in [0, 0.05) is 19.5 Å². The van der Waals surface area contributed by atoms with Crippen molar-refractivity contribution in [2.75, 3.05) is 13.1 Å². The standard InChI is InChI=1S/C15H19N3O3/c1-9-11(7-16-21-9)15(20)17-5-4-12-13(17)6-14(19)18(12)8-10-2-3-10/h7,10,12-13H,2-6,8H2,1H3/t12-,13-/m1/s1. The first-order valence-electron chi connectivity index (χ1n) is 7.67. The van der Waals surface area contributed by atoms with Crippen molar-refractivity contribution < 1.29 is 14.1 Å². The Morgan fingerprint density at radius 1 is 1.38 bits per heavy atom. The van der Waals surface area contributed by atoms with Crippen molar-refractivity contribution in [3.63, 3.8) is 0 Å². The lowest BCUT2D eigenvalue weighted by atomic mass is 10.1. The maximum Gasteiger partial charge on any atom is 0.259 e. The zero-order valence-electron chi connectivity index (χ0n) is 12.1. The molecule has 0 N–H and O–H groups in total. The molecule has 112 valence electrons. The Bertz CT molecular complexity index is 593. The van der Waals surface area contributed by atoms with Crippen LogP contribution < -0.4 is 0 Å². The summed E-state index contributed by atoms with van der Waals surface area (Å²) in [5.41, 5.74) is 0.517. The van der Waals surface area contributed by atoms with Gasteiger partial charge in [0.15, 0.2) is 0 Å². The number of carbonyl (C=O) groups is 2. The van der Waals surface area contributed by atoms with Crippen molar-refractivity contribution in [1.82, 2.24) is 15.0 Å². The minimum absolute atomic E-state index is 0.0260. The van der Waals surface area contributed by atoms with Crippen LogP contribution in [0.1, 0.15) is 41.8 Å². The fourth-order valence-corrected chi connectivity index (χ4v) is 3.65. The number of hydrogen-bond donors (Lipinski definition) is 0. The second-order valence-electron chi connectivity index (χ2n) is 6.41. The highest BCUT2D eigenvalue weighted by Crippen LogP contribution is 2.38. The third-order valence-corrected chi connectivity index (χ3v) is 5.01. The van der Waals surface area contributed by atoms with Crippen LogP contribution >= 0.6 is 0 Å². The maximum absolute atomic E-state index is 12.6. The molecule has 0 bridgehead atoms. The first-order chi connectivity index (χ1) is 10.1. The molecule has 4 rings (SSSR count). The average molecular weight is 289 g/mol. The summed E-state index contributed by atoms with van der Waals surface area (Å²) in [5.74, 6) is 1.39. The number of likely N-dealkylation sites (tertiary alicyclic amines) is 2. The molecule has 1 aromatic rings. The van der Waals surface area contributed by atoms with Gasteiger partial charge in [-0.1, -0.05) is 5.16 Å². The number of hydrogen-bond acceptors (Lipinski definition) is 4. The zero-order chi connectivity index (χ0) is 14.6. The number of rotatable bonds is 3. The Hall–Kier alpha value is -1.85. The summed E-state index contributed by atoms with van der Waals surface area (Å²) in [6, 6.07) is 0.236. The van der Waals surface area contributed by atoms with Crippen LogP contribution in [-0.2, 0) is 4.79 Å². The van der Waals surface area contributed by atoms with Crippen LogP contribution in [0.4, 0.5) is 0 Å². The van der Waals surface area contributed by atoms with Gasteiger partial charge in [-0.25, -0.2) is 0 Å². The fraction of sp³-hybridized carbons (Fsp3) is 0.667. The Morgan fingerprint density at radius 2 is 2.19 bits per heavy atom. The number of aryl methyl sites for hydroxylation is 1. The summed E-state index contributed by atoms with van der Waals surface area (Å²) in [4.78, 5) is 28.7. The van der Waals surface area contributed by atoms with Crippen LogP contribution in [0.15, 0.2) is 10.7 Å². The minimum Gasteiger partial charge on any atom is -0.361 e. The first kappa shape index (κ1) is 12.9. The predicted octanol–water partition coefficient (Wildman–Crippen LogP) is 1.21. The summed E-state index contributed by atoms with van der Waals surface area (Å²) < 4.78 is 4.98. The molecule has 0 unspecified atom stereocenters. The van der Waals surface area contributed by atoms with E-state index in [2.05, 4.69) is 5.16 Å². The normalized spacial score (nSPS) is 28.3. The molecule has 6 nitrogen and oxygen atoms in total. The summed E-state index contributed by atoms with van der Waals surface area (Å²) >= 11 is 0. The van der Waals surface area contributed by atoms with E-state index in [1.54, 1.807) is 6.92 Å². The molecule has 21 heavy (non-hydrogen) atoms. The van der Waals surface area contributed by atoms with Gasteiger partial charge in [-0.15, -0.1) is 0 Å². The SMILES string of the molecule is Cc1oncc1C(=O)N1CC[C@@H]2[C@H]1CC(=O)N2CC1CC1. The smallest absolute Gasteiger partial charge is 0.259 e. The monoisotopic (exact) mass is 289 g/mol. The van der Waals surface area contributed by atoms with Crippen LogP contribution in [0, 0.1) is 12.8 Å². The molecule has 1 saturated carbocycles. The van der Waals surface area contributed by atoms with Gasteiger partial charge in [-0.2, -0.15) is 0 Å². The van der Waals surface area contributed by atoms with Crippen LogP contribution in [-0.4, -0.2) is 51.9 Å². The molecule has 3 aliphatic rings. The largest absolute Gasteiger partial charge is 0.361 e. The van der Waals surface area contributed by atoms with Gasteiger partial charge in [-0.3, -0.25) is 9.59 Å². The van der Waals surface area contributed by atoms with Crippen LogP contribution in [0.25, 0.3) is 0 Å². The highest BCUT2D eigenvalue weighted by Gasteiger charge is 2.49. The fourth-order valence-electron chi connectivity index (χ4n) is 3.65. The number of fused-ring (bicyclic) bond motifs is 1. The van der Waals surface area contributed by atoms with E-state index in [9.17, 15) is 9.59 Å². The van der Waals surface area contributed by atoms with Crippen molar-refractivity contribution in [1.29, 1.82) is 0 Å². The molecule has 3 fully saturated rings. The number of aromatic nitrogens is 1. The molecular formula is C15H19N3O3. The highest BCUT2D eigenvalue weighted by atomic mass is 16.5. The van der Waals surface area contributed by atoms with E-state index in [-0.39, 0.29) is 23.9 Å². The Kier molecular flexibility index (Phi) is 2.80. The Morgan fingerprint density at radius 3 is 2.86 bits per heavy atom. The van der Waals surface area contributed by atoms with Crippen LogP contribution in [0.3, 0.4) is 0 Å². The van der Waals surface area contributed by atoms with E-state index in [0.717, 1.165) is 13.0 Å². The second-order valence-corrected chi connectivity index (χ2v) is 6.41. The minimum atomic E-state index is -0.0534. The molecule has 2 atom stereocenters. The first-order valence-corrected chi connectivity index (χ1v) is 7.67. The van der Waals surface area contributed by atoms with Crippen LogP contribution in [0.2, 0.25) is 0 Å². The number of carbonyl (C=O) groups excluding carboxylic acids is 2. The lowest BCUT2D eigenvalue weighted by Crippen LogP contribution is -2.40. The van der Waals surface area contributed by atoms with E-state index < -0.39 is 0 Å². The molecule has 0 spiro atoms. The Balaban J connectivity index is 1.53. The van der Waals surface area contributed by atoms with Crippen molar-refractivity contribution in [2.45, 2.75) is 44.7 Å². The number of nitrogens with zero attached hydrogens (tertiary/aromatic N) is 3. The Labute approximate surface area is 123 Å². The van der Waals surface area contributed by atoms with Gasteiger partial charge in [0.2, 0.25) is 5.91 Å². The molecule has 2 aliphatic heterocycles. The highest BCUT2D eigenvalue weighted by molar-refractivity contribution is 5.96. The molecule has 2 amide bonds. The van der Waals surface area contributed by atoms with Gasteiger partial charge < -0.3 is 14.3 Å². The summed E-state index contributed by atoms with van der Waals surface area (Å²) in [6.07, 6.45) is 5.31. The van der Waals surface area contributed by atoms with E-state index >= 15 is 0 Å². The van der Waals surface area contributed by atoms with E-state index in [0.29, 0.717) is 30.2 Å². The molecule has 1 aromatic heterocycles. The second kappa shape index (κ2) is 4.58. The lowest BCUT2D eigenvalue weighted by molar-refractivity contribution is -0.129. The van der Waals surface area contributed by atoms with E-state index in [4.69, 9.17) is 4.52 Å². The lowest BCUT2D eigenvalue weighted by Gasteiger charge is -2.25. The molecule has 0 radical (unpaired) electrons. The van der Waals surface area contributed by atoms with Gasteiger partial charge in [0.25, 0.3) is 5.91 Å². The van der Waals surface area contributed by atoms with Crippen molar-refractivity contribution in [3.05, 3.63) is 17.5 Å². The van der Waals surface area contributed by atoms with Gasteiger partial charge in [0.1, 0.15) is 11.3 Å². The van der Waals surface area contributed by atoms with E-state index in [1.165, 1.54) is 19.0 Å². The maximum atomic E-state index is 12.6. The quantitative estimate of drug-likeness (QED) is 0.839. The van der Waals surface area contributed by atoms with Crippen molar-refractivity contribution in [2.24, 2.45) is 5.92 Å². The van der Waals surface area contributed by atoms with Crippen molar-refractivity contribution >= 4 is 11.8 Å². The molecule has 1 aliphatic carbocycles.